The first-order valence-corrected chi connectivity index (χ1v) is 5.92. The number of nitrogens with one attached hydrogen (secondary N) is 2. The summed E-state index contributed by atoms with van der Waals surface area (Å²) in [4.78, 5) is 7.34. The number of rotatable bonds is 6. The third-order valence-corrected chi connectivity index (χ3v) is 3.68. The van der Waals surface area contributed by atoms with Gasteiger partial charge in [-0.15, -0.1) is 0 Å². The van der Waals surface area contributed by atoms with E-state index in [0.717, 1.165) is 25.2 Å². The fourth-order valence-electron chi connectivity index (χ4n) is 1.89. The van der Waals surface area contributed by atoms with Gasteiger partial charge in [0.15, 0.2) is 0 Å². The zero-order valence-electron chi connectivity index (χ0n) is 9.71. The van der Waals surface area contributed by atoms with Crippen LogP contribution < -0.4 is 5.32 Å². The van der Waals surface area contributed by atoms with Gasteiger partial charge in [0.2, 0.25) is 0 Å². The van der Waals surface area contributed by atoms with Gasteiger partial charge in [-0.25, -0.2) is 4.98 Å². The molecular formula is C12H21N3. The predicted molar refractivity (Wildman–Crippen MR) is 61.7 cm³/mol. The van der Waals surface area contributed by atoms with Gasteiger partial charge in [0.05, 0.1) is 0 Å². The molecular weight excluding hydrogens is 186 g/mol. The van der Waals surface area contributed by atoms with Crippen molar-refractivity contribution in [2.75, 3.05) is 6.54 Å². The fraction of sp³-hybridized carbons (Fsp3) is 0.750. The Morgan fingerprint density at radius 1 is 1.60 bits per heavy atom. The number of imidazole rings is 1. The van der Waals surface area contributed by atoms with Crippen molar-refractivity contribution in [3.05, 3.63) is 18.2 Å². The molecule has 1 aromatic rings. The highest BCUT2D eigenvalue weighted by molar-refractivity contribution is 4.96. The summed E-state index contributed by atoms with van der Waals surface area (Å²) >= 11 is 0. The molecule has 0 radical (unpaired) electrons. The molecule has 0 bridgehead atoms. The van der Waals surface area contributed by atoms with Gasteiger partial charge in [-0.3, -0.25) is 0 Å². The van der Waals surface area contributed by atoms with Crippen LogP contribution in [-0.4, -0.2) is 22.6 Å². The van der Waals surface area contributed by atoms with Crippen LogP contribution in [0.4, 0.5) is 0 Å². The Balaban J connectivity index is 1.59. The lowest BCUT2D eigenvalue weighted by Gasteiger charge is -2.20. The van der Waals surface area contributed by atoms with E-state index in [2.05, 4.69) is 29.1 Å². The molecule has 1 saturated carbocycles. The molecule has 1 heterocycles. The number of aromatic amines is 1. The number of hydrogen-bond acceptors (Lipinski definition) is 2. The number of aromatic nitrogens is 2. The van der Waals surface area contributed by atoms with Gasteiger partial charge in [0.25, 0.3) is 0 Å². The molecule has 1 unspecified atom stereocenters. The van der Waals surface area contributed by atoms with E-state index >= 15 is 0 Å². The molecule has 1 aromatic heterocycles. The van der Waals surface area contributed by atoms with Gasteiger partial charge >= 0.3 is 0 Å². The van der Waals surface area contributed by atoms with E-state index in [4.69, 9.17) is 0 Å². The quantitative estimate of drug-likeness (QED) is 0.701. The third kappa shape index (κ3) is 2.81. The van der Waals surface area contributed by atoms with Gasteiger partial charge in [0.1, 0.15) is 5.82 Å². The molecule has 2 rings (SSSR count). The minimum Gasteiger partial charge on any atom is -0.349 e. The smallest absolute Gasteiger partial charge is 0.106 e. The summed E-state index contributed by atoms with van der Waals surface area (Å²) in [6.07, 6.45) is 8.68. The van der Waals surface area contributed by atoms with Crippen LogP contribution >= 0.6 is 0 Å². The molecule has 1 fully saturated rings. The highest BCUT2D eigenvalue weighted by atomic mass is 14.9. The van der Waals surface area contributed by atoms with Crippen molar-refractivity contribution < 1.29 is 0 Å². The first-order chi connectivity index (χ1) is 7.21. The lowest BCUT2D eigenvalue weighted by Crippen LogP contribution is -2.34. The highest BCUT2D eigenvalue weighted by Crippen LogP contribution is 2.47. The van der Waals surface area contributed by atoms with Crippen molar-refractivity contribution in [1.29, 1.82) is 0 Å². The van der Waals surface area contributed by atoms with Crippen LogP contribution in [-0.2, 0) is 6.42 Å². The van der Waals surface area contributed by atoms with Gasteiger partial charge in [-0.05, 0) is 38.1 Å². The molecule has 0 aromatic carbocycles. The Kier molecular flexibility index (Phi) is 3.10. The minimum absolute atomic E-state index is 0.588. The van der Waals surface area contributed by atoms with E-state index in [0.29, 0.717) is 11.5 Å². The summed E-state index contributed by atoms with van der Waals surface area (Å²) in [5.41, 5.74) is 0.588. The molecule has 0 amide bonds. The average molecular weight is 207 g/mol. The van der Waals surface area contributed by atoms with E-state index < -0.39 is 0 Å². The second kappa shape index (κ2) is 4.35. The van der Waals surface area contributed by atoms with Gasteiger partial charge in [-0.1, -0.05) is 6.92 Å². The van der Waals surface area contributed by atoms with E-state index in [1.54, 1.807) is 0 Å². The Bertz CT molecular complexity index is 288. The van der Waals surface area contributed by atoms with Crippen LogP contribution in [0.15, 0.2) is 12.4 Å². The minimum atomic E-state index is 0.588. The van der Waals surface area contributed by atoms with Crippen molar-refractivity contribution in [2.24, 2.45) is 5.41 Å². The first kappa shape index (κ1) is 10.7. The van der Waals surface area contributed by atoms with Crippen LogP contribution in [0.5, 0.6) is 0 Å². The predicted octanol–water partition coefficient (Wildman–Crippen LogP) is 2.12. The van der Waals surface area contributed by atoms with Gasteiger partial charge in [-0.2, -0.15) is 0 Å². The molecule has 0 saturated heterocycles. The Hall–Kier alpha value is -0.830. The average Bonchev–Trinajstić information content (AvgIpc) is 2.80. The monoisotopic (exact) mass is 207 g/mol. The van der Waals surface area contributed by atoms with Gasteiger partial charge < -0.3 is 10.3 Å². The van der Waals surface area contributed by atoms with Crippen molar-refractivity contribution in [2.45, 2.75) is 45.6 Å². The summed E-state index contributed by atoms with van der Waals surface area (Å²) in [6, 6.07) is 0.661. The van der Waals surface area contributed by atoms with Crippen molar-refractivity contribution in [3.8, 4) is 0 Å². The zero-order valence-corrected chi connectivity index (χ0v) is 9.71. The molecule has 1 aliphatic carbocycles. The fourth-order valence-corrected chi connectivity index (χ4v) is 1.89. The number of aryl methyl sites for hydroxylation is 1. The van der Waals surface area contributed by atoms with Crippen molar-refractivity contribution >= 4 is 0 Å². The van der Waals surface area contributed by atoms with E-state index in [9.17, 15) is 0 Å². The van der Waals surface area contributed by atoms with E-state index in [-0.39, 0.29) is 0 Å². The summed E-state index contributed by atoms with van der Waals surface area (Å²) < 4.78 is 0. The lowest BCUT2D eigenvalue weighted by molar-refractivity contribution is 0.379. The van der Waals surface area contributed by atoms with Gasteiger partial charge in [0, 0.05) is 24.9 Å². The second-order valence-corrected chi connectivity index (χ2v) is 4.97. The molecule has 0 spiro atoms. The number of H-pyrrole nitrogens is 1. The lowest BCUT2D eigenvalue weighted by atomic mass is 10.0. The first-order valence-electron chi connectivity index (χ1n) is 5.92. The molecule has 15 heavy (non-hydrogen) atoms. The molecule has 84 valence electrons. The molecule has 1 atom stereocenters. The normalized spacial score (nSPS) is 20.1. The molecule has 3 nitrogen and oxygen atoms in total. The third-order valence-electron chi connectivity index (χ3n) is 3.68. The number of nitrogens with zero attached hydrogens (tertiary/aromatic N) is 1. The highest BCUT2D eigenvalue weighted by Gasteiger charge is 2.41. The Morgan fingerprint density at radius 3 is 3.00 bits per heavy atom. The summed E-state index contributed by atoms with van der Waals surface area (Å²) in [5, 5.41) is 3.61. The van der Waals surface area contributed by atoms with Crippen LogP contribution in [0.25, 0.3) is 0 Å². The van der Waals surface area contributed by atoms with Crippen LogP contribution in [0.1, 0.15) is 38.9 Å². The SMILES string of the molecule is CC(NCCCc1ncc[nH]1)C1(C)CC1. The maximum atomic E-state index is 4.21. The summed E-state index contributed by atoms with van der Waals surface area (Å²) in [6.45, 7) is 5.77. The van der Waals surface area contributed by atoms with E-state index in [1.807, 2.05) is 12.4 Å². The Morgan fingerprint density at radius 2 is 2.40 bits per heavy atom. The standard InChI is InChI=1S/C12H21N3/c1-10(12(2)5-6-12)13-7-3-4-11-14-8-9-15-11/h8-10,13H,3-7H2,1-2H3,(H,14,15). The molecule has 3 heteroatoms. The molecule has 0 aliphatic heterocycles. The topological polar surface area (TPSA) is 40.7 Å². The van der Waals surface area contributed by atoms with Crippen molar-refractivity contribution in [1.82, 2.24) is 15.3 Å². The second-order valence-electron chi connectivity index (χ2n) is 4.97. The van der Waals surface area contributed by atoms with E-state index in [1.165, 1.54) is 12.8 Å². The number of hydrogen-bond donors (Lipinski definition) is 2. The molecule has 2 N–H and O–H groups in total. The van der Waals surface area contributed by atoms with Crippen LogP contribution in [0.3, 0.4) is 0 Å². The molecule has 1 aliphatic rings. The zero-order chi connectivity index (χ0) is 10.7. The summed E-state index contributed by atoms with van der Waals surface area (Å²) in [5.74, 6) is 1.10. The summed E-state index contributed by atoms with van der Waals surface area (Å²) in [7, 11) is 0. The van der Waals surface area contributed by atoms with Crippen LogP contribution in [0.2, 0.25) is 0 Å². The van der Waals surface area contributed by atoms with Crippen LogP contribution in [0, 0.1) is 5.41 Å². The maximum absolute atomic E-state index is 4.21. The Labute approximate surface area is 91.7 Å². The van der Waals surface area contributed by atoms with Crippen molar-refractivity contribution in [3.63, 3.8) is 0 Å². The largest absolute Gasteiger partial charge is 0.349 e. The maximum Gasteiger partial charge on any atom is 0.106 e.